The van der Waals surface area contributed by atoms with Crippen molar-refractivity contribution >= 4 is 17.9 Å². The number of esters is 3. The Morgan fingerprint density at radius 3 is 0.757 bits per heavy atom. The molecule has 0 spiro atoms. The van der Waals surface area contributed by atoms with Crippen LogP contribution in [-0.2, 0) is 28.6 Å². The molecule has 0 amide bonds. The Hall–Kier alpha value is -2.37. The summed E-state index contributed by atoms with van der Waals surface area (Å²) in [5, 5.41) is 0. The number of rotatable bonds is 61. The quantitative estimate of drug-likeness (QED) is 0.0261. The van der Waals surface area contributed by atoms with E-state index in [1.54, 1.807) is 0 Å². The summed E-state index contributed by atoms with van der Waals surface area (Å²) in [5.74, 6) is -0.853. The standard InChI is InChI=1S/C68H126O6/c1-4-7-10-13-16-18-20-22-24-26-28-30-32-33-34-35-36-38-39-41-43-45-47-49-52-55-58-61-67(70)73-64-65(63-72-66(69)60-57-54-51-15-12-9-6-3)74-68(71)62-59-56-53-50-48-46-44-42-40-37-31-29-27-25-23-21-19-17-14-11-8-5-2/h20,22,26,28,32-33,65H,4-19,21,23-25,27,29-31,34-64H2,1-3H3/b22-20-,28-26-,33-32-. The van der Waals surface area contributed by atoms with Gasteiger partial charge >= 0.3 is 17.9 Å². The van der Waals surface area contributed by atoms with Gasteiger partial charge in [-0.1, -0.05) is 320 Å². The SMILES string of the molecule is CCCCCCC/C=C\C/C=C\C/C=C\CCCCCCCCCCCCCCC(=O)OCC(COC(=O)CCCCCCCCC)OC(=O)CCCCCCCCCCCCCCCCCCCCCCCC. The molecular weight excluding hydrogens is 913 g/mol. The average Bonchev–Trinajstić information content (AvgIpc) is 3.40. The van der Waals surface area contributed by atoms with Crippen LogP contribution in [-0.4, -0.2) is 37.2 Å². The number of unbranched alkanes of at least 4 members (excludes halogenated alkanes) is 44. The van der Waals surface area contributed by atoms with Gasteiger partial charge in [-0.2, -0.15) is 0 Å². The van der Waals surface area contributed by atoms with Crippen LogP contribution in [0.3, 0.4) is 0 Å². The molecular formula is C68H126O6. The number of carbonyl (C=O) groups excluding carboxylic acids is 3. The molecule has 0 aliphatic heterocycles. The molecule has 1 unspecified atom stereocenters. The van der Waals surface area contributed by atoms with Crippen LogP contribution in [0.1, 0.15) is 361 Å². The number of hydrogen-bond acceptors (Lipinski definition) is 6. The van der Waals surface area contributed by atoms with E-state index >= 15 is 0 Å². The van der Waals surface area contributed by atoms with Gasteiger partial charge in [0.15, 0.2) is 6.10 Å². The third-order valence-electron chi connectivity index (χ3n) is 14.9. The number of carbonyl (C=O) groups is 3. The number of ether oxygens (including phenoxy) is 3. The molecule has 434 valence electrons. The molecule has 0 saturated carbocycles. The highest BCUT2D eigenvalue weighted by atomic mass is 16.6. The molecule has 0 rings (SSSR count). The Kier molecular flexibility index (Phi) is 61.1. The first kappa shape index (κ1) is 71.6. The Bertz CT molecular complexity index is 1240. The second kappa shape index (κ2) is 63.2. The maximum atomic E-state index is 12.9. The van der Waals surface area contributed by atoms with Crippen molar-refractivity contribution in [2.75, 3.05) is 13.2 Å². The predicted molar refractivity (Wildman–Crippen MR) is 321 cm³/mol. The zero-order chi connectivity index (χ0) is 53.6. The summed E-state index contributed by atoms with van der Waals surface area (Å²) >= 11 is 0. The molecule has 0 aliphatic rings. The first-order chi connectivity index (χ1) is 36.5. The molecule has 0 saturated heterocycles. The molecule has 0 radical (unpaired) electrons. The van der Waals surface area contributed by atoms with Crippen molar-refractivity contribution in [2.45, 2.75) is 367 Å². The lowest BCUT2D eigenvalue weighted by atomic mass is 10.0. The maximum absolute atomic E-state index is 12.9. The molecule has 0 N–H and O–H groups in total. The minimum Gasteiger partial charge on any atom is -0.462 e. The molecule has 6 heteroatoms. The van der Waals surface area contributed by atoms with Gasteiger partial charge in [-0.05, 0) is 57.8 Å². The highest BCUT2D eigenvalue weighted by Crippen LogP contribution is 2.18. The van der Waals surface area contributed by atoms with Crippen molar-refractivity contribution in [2.24, 2.45) is 0 Å². The van der Waals surface area contributed by atoms with Crippen LogP contribution in [0.25, 0.3) is 0 Å². The Labute approximate surface area is 461 Å². The Morgan fingerprint density at radius 2 is 0.486 bits per heavy atom. The van der Waals surface area contributed by atoms with Crippen LogP contribution < -0.4 is 0 Å². The summed E-state index contributed by atoms with van der Waals surface area (Å²) in [6.07, 6.45) is 77.6. The van der Waals surface area contributed by atoms with Gasteiger partial charge in [-0.25, -0.2) is 0 Å². The number of hydrogen-bond donors (Lipinski definition) is 0. The number of allylic oxidation sites excluding steroid dienone is 6. The average molecular weight is 1040 g/mol. The predicted octanol–water partition coefficient (Wildman–Crippen LogP) is 22.4. The van der Waals surface area contributed by atoms with Crippen molar-refractivity contribution in [1.82, 2.24) is 0 Å². The molecule has 0 heterocycles. The van der Waals surface area contributed by atoms with Crippen molar-refractivity contribution in [3.05, 3.63) is 36.5 Å². The normalized spacial score (nSPS) is 12.2. The first-order valence-electron chi connectivity index (χ1n) is 33.0. The molecule has 0 aromatic carbocycles. The lowest BCUT2D eigenvalue weighted by Crippen LogP contribution is -2.30. The van der Waals surface area contributed by atoms with Gasteiger partial charge in [-0.15, -0.1) is 0 Å². The van der Waals surface area contributed by atoms with Gasteiger partial charge in [0.2, 0.25) is 0 Å². The van der Waals surface area contributed by atoms with Crippen LogP contribution in [0.2, 0.25) is 0 Å². The van der Waals surface area contributed by atoms with Gasteiger partial charge in [0.1, 0.15) is 13.2 Å². The molecule has 0 bridgehead atoms. The molecule has 1 atom stereocenters. The van der Waals surface area contributed by atoms with E-state index in [-0.39, 0.29) is 31.1 Å². The summed E-state index contributed by atoms with van der Waals surface area (Å²) in [6, 6.07) is 0. The van der Waals surface area contributed by atoms with Gasteiger partial charge < -0.3 is 14.2 Å². The molecule has 0 aromatic rings. The van der Waals surface area contributed by atoms with Crippen LogP contribution in [0, 0.1) is 0 Å². The van der Waals surface area contributed by atoms with E-state index in [1.165, 1.54) is 250 Å². The summed E-state index contributed by atoms with van der Waals surface area (Å²) in [4.78, 5) is 38.1. The summed E-state index contributed by atoms with van der Waals surface area (Å²) < 4.78 is 16.9. The van der Waals surface area contributed by atoms with Crippen molar-refractivity contribution in [1.29, 1.82) is 0 Å². The minimum absolute atomic E-state index is 0.0679. The lowest BCUT2D eigenvalue weighted by molar-refractivity contribution is -0.167. The fourth-order valence-electron chi connectivity index (χ4n) is 9.92. The molecule has 0 fully saturated rings. The van der Waals surface area contributed by atoms with E-state index in [0.717, 1.165) is 70.6 Å². The van der Waals surface area contributed by atoms with Crippen LogP contribution in [0.5, 0.6) is 0 Å². The summed E-state index contributed by atoms with van der Waals surface area (Å²) in [6.45, 7) is 6.65. The molecule has 0 aliphatic carbocycles. The van der Waals surface area contributed by atoms with E-state index in [4.69, 9.17) is 14.2 Å². The second-order valence-electron chi connectivity index (χ2n) is 22.4. The van der Waals surface area contributed by atoms with Crippen molar-refractivity contribution in [3.8, 4) is 0 Å². The molecule has 0 aromatic heterocycles. The van der Waals surface area contributed by atoms with Crippen molar-refractivity contribution < 1.29 is 28.6 Å². The Morgan fingerprint density at radius 1 is 0.270 bits per heavy atom. The van der Waals surface area contributed by atoms with Crippen LogP contribution in [0.15, 0.2) is 36.5 Å². The zero-order valence-corrected chi connectivity index (χ0v) is 49.9. The summed E-state index contributed by atoms with van der Waals surface area (Å²) in [5.41, 5.74) is 0. The first-order valence-corrected chi connectivity index (χ1v) is 33.0. The fourth-order valence-corrected chi connectivity index (χ4v) is 9.92. The summed E-state index contributed by atoms with van der Waals surface area (Å²) in [7, 11) is 0. The second-order valence-corrected chi connectivity index (χ2v) is 22.4. The van der Waals surface area contributed by atoms with Gasteiger partial charge in [0.05, 0.1) is 0 Å². The van der Waals surface area contributed by atoms with E-state index in [1.807, 2.05) is 0 Å². The Balaban J connectivity index is 4.07. The maximum Gasteiger partial charge on any atom is 0.306 e. The van der Waals surface area contributed by atoms with E-state index in [2.05, 4.69) is 57.2 Å². The van der Waals surface area contributed by atoms with Gasteiger partial charge in [0, 0.05) is 19.3 Å². The molecule has 74 heavy (non-hydrogen) atoms. The largest absolute Gasteiger partial charge is 0.462 e. The third-order valence-corrected chi connectivity index (χ3v) is 14.9. The van der Waals surface area contributed by atoms with Crippen LogP contribution in [0.4, 0.5) is 0 Å². The molecule has 6 nitrogen and oxygen atoms in total. The highest BCUT2D eigenvalue weighted by molar-refractivity contribution is 5.71. The zero-order valence-electron chi connectivity index (χ0n) is 49.9. The lowest BCUT2D eigenvalue weighted by Gasteiger charge is -2.18. The van der Waals surface area contributed by atoms with Crippen molar-refractivity contribution in [3.63, 3.8) is 0 Å². The fraction of sp³-hybridized carbons (Fsp3) is 0.868. The third kappa shape index (κ3) is 60.5. The van der Waals surface area contributed by atoms with Gasteiger partial charge in [0.25, 0.3) is 0 Å². The van der Waals surface area contributed by atoms with E-state index in [9.17, 15) is 14.4 Å². The minimum atomic E-state index is -0.767. The topological polar surface area (TPSA) is 78.9 Å². The van der Waals surface area contributed by atoms with E-state index < -0.39 is 6.10 Å². The van der Waals surface area contributed by atoms with E-state index in [0.29, 0.717) is 19.3 Å². The van der Waals surface area contributed by atoms with Crippen LogP contribution >= 0.6 is 0 Å². The monoisotopic (exact) mass is 1040 g/mol. The smallest absolute Gasteiger partial charge is 0.306 e. The highest BCUT2D eigenvalue weighted by Gasteiger charge is 2.19. The van der Waals surface area contributed by atoms with Gasteiger partial charge in [-0.3, -0.25) is 14.4 Å².